The first kappa shape index (κ1) is 11.9. The Labute approximate surface area is 105 Å². The number of ether oxygens (including phenoxy) is 1. The molecule has 0 aromatic heterocycles. The predicted molar refractivity (Wildman–Crippen MR) is 69.1 cm³/mol. The lowest BCUT2D eigenvalue weighted by molar-refractivity contribution is 0.0919. The first-order chi connectivity index (χ1) is 8.29. The van der Waals surface area contributed by atoms with E-state index in [-0.39, 0.29) is 0 Å². The molecule has 0 aliphatic carbocycles. The Bertz CT molecular complexity index is 251. The fourth-order valence-electron chi connectivity index (χ4n) is 4.44. The Morgan fingerprint density at radius 3 is 2.35 bits per heavy atom. The molecule has 2 bridgehead atoms. The third-order valence-corrected chi connectivity index (χ3v) is 5.45. The Kier molecular flexibility index (Phi) is 3.42. The lowest BCUT2D eigenvalue weighted by atomic mass is 9.79. The number of fused-ring (bicyclic) bond motifs is 2. The molecule has 3 heteroatoms. The van der Waals surface area contributed by atoms with Crippen LogP contribution in [0.4, 0.5) is 0 Å². The zero-order valence-corrected chi connectivity index (χ0v) is 11.2. The van der Waals surface area contributed by atoms with Crippen LogP contribution in [0.15, 0.2) is 0 Å². The Morgan fingerprint density at radius 1 is 1.12 bits per heavy atom. The Hall–Kier alpha value is -0.120. The molecule has 3 saturated heterocycles. The quantitative estimate of drug-likeness (QED) is 0.806. The molecule has 3 aliphatic rings. The summed E-state index contributed by atoms with van der Waals surface area (Å²) < 4.78 is 5.57. The van der Waals surface area contributed by atoms with E-state index in [0.717, 1.165) is 37.1 Å². The normalized spacial score (nSPS) is 44.1. The van der Waals surface area contributed by atoms with E-state index in [4.69, 9.17) is 4.74 Å². The van der Waals surface area contributed by atoms with E-state index in [2.05, 4.69) is 24.3 Å². The molecule has 1 N–H and O–H groups in total. The Morgan fingerprint density at radius 2 is 1.82 bits per heavy atom. The van der Waals surface area contributed by atoms with Crippen molar-refractivity contribution in [1.82, 2.24) is 10.2 Å². The van der Waals surface area contributed by atoms with Crippen LogP contribution in [-0.2, 0) is 4.74 Å². The summed E-state index contributed by atoms with van der Waals surface area (Å²) in [5, 5.41) is 3.60. The van der Waals surface area contributed by atoms with Crippen molar-refractivity contribution < 1.29 is 4.74 Å². The van der Waals surface area contributed by atoms with E-state index in [9.17, 15) is 0 Å². The van der Waals surface area contributed by atoms with Crippen LogP contribution in [0.5, 0.6) is 0 Å². The minimum atomic E-state index is 0.689. The van der Waals surface area contributed by atoms with E-state index in [1.165, 1.54) is 32.1 Å². The maximum atomic E-state index is 5.57. The van der Waals surface area contributed by atoms with Gasteiger partial charge in [0.25, 0.3) is 0 Å². The minimum Gasteiger partial charge on any atom is -0.381 e. The largest absolute Gasteiger partial charge is 0.381 e. The van der Waals surface area contributed by atoms with Gasteiger partial charge >= 0.3 is 0 Å². The molecule has 0 aromatic rings. The van der Waals surface area contributed by atoms with Gasteiger partial charge in [0.2, 0.25) is 0 Å². The van der Waals surface area contributed by atoms with Gasteiger partial charge in [-0.3, -0.25) is 0 Å². The molecule has 4 unspecified atom stereocenters. The third kappa shape index (κ3) is 2.13. The van der Waals surface area contributed by atoms with Crippen molar-refractivity contribution in [2.45, 2.75) is 50.2 Å². The van der Waals surface area contributed by atoms with Gasteiger partial charge in [0, 0.05) is 30.7 Å². The number of nitrogens with one attached hydrogen (secondary N) is 1. The maximum absolute atomic E-state index is 5.57. The number of hydrogen-bond donors (Lipinski definition) is 1. The van der Waals surface area contributed by atoms with Crippen LogP contribution in [-0.4, -0.2) is 50.3 Å². The van der Waals surface area contributed by atoms with Crippen LogP contribution in [0.2, 0.25) is 0 Å². The van der Waals surface area contributed by atoms with E-state index < -0.39 is 0 Å². The summed E-state index contributed by atoms with van der Waals surface area (Å²) in [5.74, 6) is 1.63. The second-order valence-electron chi connectivity index (χ2n) is 6.22. The molecule has 3 nitrogen and oxygen atoms in total. The number of piperidine rings is 1. The van der Waals surface area contributed by atoms with Crippen LogP contribution < -0.4 is 5.32 Å². The van der Waals surface area contributed by atoms with E-state index >= 15 is 0 Å². The second kappa shape index (κ2) is 4.87. The minimum absolute atomic E-state index is 0.689. The van der Waals surface area contributed by atoms with Crippen molar-refractivity contribution in [3.8, 4) is 0 Å². The SMILES string of the molecule is CNC(C1CCOC1)C1CC2CCC(C1)N2C. The molecule has 4 atom stereocenters. The van der Waals surface area contributed by atoms with Crippen molar-refractivity contribution in [2.24, 2.45) is 11.8 Å². The number of nitrogens with zero attached hydrogens (tertiary/aromatic N) is 1. The van der Waals surface area contributed by atoms with Crippen LogP contribution in [0.1, 0.15) is 32.1 Å². The van der Waals surface area contributed by atoms with Gasteiger partial charge in [-0.1, -0.05) is 0 Å². The summed E-state index contributed by atoms with van der Waals surface area (Å²) in [6.07, 6.45) is 6.90. The molecule has 3 rings (SSSR count). The monoisotopic (exact) mass is 238 g/mol. The number of rotatable bonds is 3. The van der Waals surface area contributed by atoms with Crippen LogP contribution in [0.25, 0.3) is 0 Å². The molecule has 0 aromatic carbocycles. The van der Waals surface area contributed by atoms with Gasteiger partial charge in [-0.05, 0) is 52.1 Å². The maximum Gasteiger partial charge on any atom is 0.0510 e. The van der Waals surface area contributed by atoms with Crippen molar-refractivity contribution >= 4 is 0 Å². The smallest absolute Gasteiger partial charge is 0.0510 e. The zero-order valence-electron chi connectivity index (χ0n) is 11.2. The zero-order chi connectivity index (χ0) is 11.8. The molecule has 0 radical (unpaired) electrons. The summed E-state index contributed by atoms with van der Waals surface area (Å²) in [6.45, 7) is 1.95. The molecule has 3 heterocycles. The predicted octanol–water partition coefficient (Wildman–Crippen LogP) is 1.48. The lowest BCUT2D eigenvalue weighted by Crippen LogP contribution is -2.49. The summed E-state index contributed by atoms with van der Waals surface area (Å²) >= 11 is 0. The molecular formula is C14H26N2O. The van der Waals surface area contributed by atoms with Crippen LogP contribution >= 0.6 is 0 Å². The van der Waals surface area contributed by atoms with Gasteiger partial charge in [0.15, 0.2) is 0 Å². The van der Waals surface area contributed by atoms with E-state index in [1.54, 1.807) is 0 Å². The Balaban J connectivity index is 1.67. The van der Waals surface area contributed by atoms with Gasteiger partial charge in [0.05, 0.1) is 6.61 Å². The van der Waals surface area contributed by atoms with E-state index in [1.807, 2.05) is 0 Å². The molecular weight excluding hydrogens is 212 g/mol. The third-order valence-electron chi connectivity index (χ3n) is 5.45. The topological polar surface area (TPSA) is 24.5 Å². The average molecular weight is 238 g/mol. The molecule has 98 valence electrons. The average Bonchev–Trinajstić information content (AvgIpc) is 2.88. The van der Waals surface area contributed by atoms with Gasteiger partial charge in [-0.2, -0.15) is 0 Å². The van der Waals surface area contributed by atoms with Crippen LogP contribution in [0.3, 0.4) is 0 Å². The second-order valence-corrected chi connectivity index (χ2v) is 6.22. The number of hydrogen-bond acceptors (Lipinski definition) is 3. The fourth-order valence-corrected chi connectivity index (χ4v) is 4.44. The van der Waals surface area contributed by atoms with Crippen molar-refractivity contribution in [1.29, 1.82) is 0 Å². The molecule has 17 heavy (non-hydrogen) atoms. The highest BCUT2D eigenvalue weighted by Crippen LogP contribution is 2.40. The van der Waals surface area contributed by atoms with Gasteiger partial charge in [0.1, 0.15) is 0 Å². The van der Waals surface area contributed by atoms with Crippen LogP contribution in [0, 0.1) is 11.8 Å². The first-order valence-electron chi connectivity index (χ1n) is 7.26. The molecule has 3 aliphatic heterocycles. The van der Waals surface area contributed by atoms with Crippen molar-refractivity contribution in [2.75, 3.05) is 27.3 Å². The highest BCUT2D eigenvalue weighted by atomic mass is 16.5. The van der Waals surface area contributed by atoms with Crippen molar-refractivity contribution in [3.05, 3.63) is 0 Å². The highest BCUT2D eigenvalue weighted by Gasteiger charge is 2.42. The summed E-state index contributed by atoms with van der Waals surface area (Å²) in [5.41, 5.74) is 0. The van der Waals surface area contributed by atoms with Gasteiger partial charge < -0.3 is 15.0 Å². The first-order valence-corrected chi connectivity index (χ1v) is 7.26. The molecule has 0 saturated carbocycles. The van der Waals surface area contributed by atoms with Crippen molar-refractivity contribution in [3.63, 3.8) is 0 Å². The molecule has 0 spiro atoms. The van der Waals surface area contributed by atoms with E-state index in [0.29, 0.717) is 6.04 Å². The summed E-state index contributed by atoms with van der Waals surface area (Å²) in [7, 11) is 4.47. The standard InChI is InChI=1S/C14H26N2O/c1-15-14(10-5-6-17-9-10)11-7-12-3-4-13(8-11)16(12)2/h10-15H,3-9H2,1-2H3. The lowest BCUT2D eigenvalue weighted by Gasteiger charge is -2.41. The molecule has 3 fully saturated rings. The van der Waals surface area contributed by atoms with Gasteiger partial charge in [-0.15, -0.1) is 0 Å². The molecule has 0 amide bonds. The highest BCUT2D eigenvalue weighted by molar-refractivity contribution is 4.98. The fraction of sp³-hybridized carbons (Fsp3) is 1.00. The van der Waals surface area contributed by atoms with Gasteiger partial charge in [-0.25, -0.2) is 0 Å². The summed E-state index contributed by atoms with van der Waals surface area (Å²) in [6, 6.07) is 2.41. The summed E-state index contributed by atoms with van der Waals surface area (Å²) in [4.78, 5) is 2.63.